The number of ether oxygens (including phenoxy) is 1. The molecule has 4 heteroatoms. The van der Waals surface area contributed by atoms with E-state index in [1.165, 1.54) is 7.11 Å². The van der Waals surface area contributed by atoms with Crippen molar-refractivity contribution in [3.05, 3.63) is 33.8 Å². The van der Waals surface area contributed by atoms with Crippen LogP contribution in [0.3, 0.4) is 0 Å². The number of hydrogen-bond donors (Lipinski definition) is 0. The fourth-order valence-electron chi connectivity index (χ4n) is 1.13. The molecule has 0 saturated carbocycles. The van der Waals surface area contributed by atoms with Gasteiger partial charge in [-0.05, 0) is 30.2 Å². The Labute approximate surface area is 92.8 Å². The maximum Gasteiger partial charge on any atom is 0.338 e. The highest BCUT2D eigenvalue weighted by molar-refractivity contribution is 6.32. The van der Waals surface area contributed by atoms with E-state index in [1.54, 1.807) is 19.1 Å². The summed E-state index contributed by atoms with van der Waals surface area (Å²) >= 11 is 11.6. The van der Waals surface area contributed by atoms with E-state index in [9.17, 15) is 4.79 Å². The summed E-state index contributed by atoms with van der Waals surface area (Å²) in [6.45, 7) is 1.77. The van der Waals surface area contributed by atoms with E-state index in [0.717, 1.165) is 5.56 Å². The smallest absolute Gasteiger partial charge is 0.338 e. The third-order valence-corrected chi connectivity index (χ3v) is 2.66. The minimum Gasteiger partial charge on any atom is -0.465 e. The summed E-state index contributed by atoms with van der Waals surface area (Å²) in [5.41, 5.74) is 1.99. The molecule has 0 radical (unpaired) electrons. The van der Waals surface area contributed by atoms with E-state index >= 15 is 0 Å². The molecule has 1 aromatic carbocycles. The van der Waals surface area contributed by atoms with Crippen LogP contribution in [-0.4, -0.2) is 13.1 Å². The Hall–Kier alpha value is -0.730. The van der Waals surface area contributed by atoms with E-state index in [0.29, 0.717) is 22.0 Å². The van der Waals surface area contributed by atoms with Crippen molar-refractivity contribution >= 4 is 29.2 Å². The molecule has 1 aromatic rings. The number of benzene rings is 1. The zero-order chi connectivity index (χ0) is 10.7. The van der Waals surface area contributed by atoms with Crippen LogP contribution < -0.4 is 0 Å². The summed E-state index contributed by atoms with van der Waals surface area (Å²) in [5, 5.41) is 0.531. The van der Waals surface area contributed by atoms with Crippen LogP contribution in [0.4, 0.5) is 0 Å². The van der Waals surface area contributed by atoms with Gasteiger partial charge in [-0.2, -0.15) is 0 Å². The summed E-state index contributed by atoms with van der Waals surface area (Å²) in [7, 11) is 1.34. The van der Waals surface area contributed by atoms with E-state index < -0.39 is 5.97 Å². The summed E-state index contributed by atoms with van der Waals surface area (Å²) < 4.78 is 4.63. The average Bonchev–Trinajstić information content (AvgIpc) is 2.20. The molecule has 0 saturated heterocycles. The van der Waals surface area contributed by atoms with Crippen LogP contribution in [0.25, 0.3) is 0 Å². The lowest BCUT2D eigenvalue weighted by atomic mass is 10.1. The van der Waals surface area contributed by atoms with Gasteiger partial charge in [-0.15, -0.1) is 11.6 Å². The Kier molecular flexibility index (Phi) is 3.78. The number of halogens is 2. The number of alkyl halides is 1. The Bertz CT molecular complexity index is 361. The minimum absolute atomic E-state index is 0.323. The van der Waals surface area contributed by atoms with Crippen molar-refractivity contribution < 1.29 is 9.53 Å². The first-order valence-corrected chi connectivity index (χ1v) is 4.94. The van der Waals surface area contributed by atoms with Gasteiger partial charge in [0.05, 0.1) is 12.7 Å². The maximum absolute atomic E-state index is 11.3. The van der Waals surface area contributed by atoms with Crippen molar-refractivity contribution in [3.8, 4) is 0 Å². The molecule has 0 unspecified atom stereocenters. The predicted molar refractivity (Wildman–Crippen MR) is 57.1 cm³/mol. The lowest BCUT2D eigenvalue weighted by Gasteiger charge is -2.07. The Morgan fingerprint density at radius 3 is 2.64 bits per heavy atom. The van der Waals surface area contributed by atoms with Gasteiger partial charge in [0.1, 0.15) is 0 Å². The minimum atomic E-state index is -0.392. The second-order valence-electron chi connectivity index (χ2n) is 2.88. The van der Waals surface area contributed by atoms with Crippen molar-refractivity contribution in [1.29, 1.82) is 0 Å². The first-order valence-electron chi connectivity index (χ1n) is 4.03. The summed E-state index contributed by atoms with van der Waals surface area (Å²) in [5.74, 6) is -0.0688. The second-order valence-corrected chi connectivity index (χ2v) is 3.55. The van der Waals surface area contributed by atoms with Gasteiger partial charge >= 0.3 is 5.97 Å². The fraction of sp³-hybridized carbons (Fsp3) is 0.300. The van der Waals surface area contributed by atoms with E-state index in [2.05, 4.69) is 4.74 Å². The summed E-state index contributed by atoms with van der Waals surface area (Å²) in [6, 6.07) is 3.44. The number of methoxy groups -OCH3 is 1. The van der Waals surface area contributed by atoms with E-state index in [4.69, 9.17) is 23.2 Å². The Balaban J connectivity index is 3.27. The van der Waals surface area contributed by atoms with Crippen LogP contribution in [0.5, 0.6) is 0 Å². The SMILES string of the molecule is COC(=O)c1cc(CCl)cc(Cl)c1C. The van der Waals surface area contributed by atoms with E-state index in [-0.39, 0.29) is 0 Å². The first-order chi connectivity index (χ1) is 6.60. The lowest BCUT2D eigenvalue weighted by molar-refractivity contribution is 0.0600. The van der Waals surface area contributed by atoms with Crippen LogP contribution in [0.15, 0.2) is 12.1 Å². The van der Waals surface area contributed by atoms with Crippen LogP contribution >= 0.6 is 23.2 Å². The number of rotatable bonds is 2. The normalized spacial score (nSPS) is 10.0. The van der Waals surface area contributed by atoms with E-state index in [1.807, 2.05) is 0 Å². The fourth-order valence-corrected chi connectivity index (χ4v) is 1.53. The first kappa shape index (κ1) is 11.3. The standard InChI is InChI=1S/C10H10Cl2O2/c1-6-8(10(13)14-2)3-7(5-11)4-9(6)12/h3-4H,5H2,1-2H3. The molecule has 0 amide bonds. The zero-order valence-corrected chi connectivity index (χ0v) is 9.45. The molecule has 76 valence electrons. The largest absolute Gasteiger partial charge is 0.465 e. The van der Waals surface area contributed by atoms with Crippen LogP contribution in [0.1, 0.15) is 21.5 Å². The van der Waals surface area contributed by atoms with Crippen LogP contribution in [0, 0.1) is 6.92 Å². The zero-order valence-electron chi connectivity index (χ0n) is 7.93. The second kappa shape index (κ2) is 4.67. The molecular weight excluding hydrogens is 223 g/mol. The average molecular weight is 233 g/mol. The maximum atomic E-state index is 11.3. The molecule has 0 spiro atoms. The van der Waals surface area contributed by atoms with Gasteiger partial charge in [0.25, 0.3) is 0 Å². The van der Waals surface area contributed by atoms with Crippen LogP contribution in [-0.2, 0) is 10.6 Å². The third-order valence-electron chi connectivity index (χ3n) is 1.96. The molecule has 0 bridgehead atoms. The number of carbonyl (C=O) groups excluding carboxylic acids is 1. The highest BCUT2D eigenvalue weighted by Crippen LogP contribution is 2.23. The van der Waals surface area contributed by atoms with Crippen molar-refractivity contribution in [2.24, 2.45) is 0 Å². The molecule has 0 heterocycles. The topological polar surface area (TPSA) is 26.3 Å². The number of hydrogen-bond acceptors (Lipinski definition) is 2. The summed E-state index contributed by atoms with van der Waals surface area (Å²) in [6.07, 6.45) is 0. The summed E-state index contributed by atoms with van der Waals surface area (Å²) in [4.78, 5) is 11.3. The molecule has 0 aliphatic heterocycles. The lowest BCUT2D eigenvalue weighted by Crippen LogP contribution is -2.05. The predicted octanol–water partition coefficient (Wildman–Crippen LogP) is 3.17. The molecule has 14 heavy (non-hydrogen) atoms. The van der Waals surface area contributed by atoms with Gasteiger partial charge < -0.3 is 4.74 Å². The van der Waals surface area contributed by atoms with Gasteiger partial charge in [-0.3, -0.25) is 0 Å². The Morgan fingerprint density at radius 2 is 2.14 bits per heavy atom. The highest BCUT2D eigenvalue weighted by Gasteiger charge is 2.12. The molecule has 0 atom stereocenters. The molecule has 1 rings (SSSR count). The number of carbonyl (C=O) groups is 1. The molecule has 0 aliphatic carbocycles. The van der Waals surface area contributed by atoms with Gasteiger partial charge in [0.2, 0.25) is 0 Å². The molecule has 2 nitrogen and oxygen atoms in total. The third kappa shape index (κ3) is 2.20. The number of esters is 1. The molecule has 0 aliphatic rings. The van der Waals surface area contributed by atoms with Gasteiger partial charge in [-0.1, -0.05) is 11.6 Å². The molecule has 0 aromatic heterocycles. The molecule has 0 N–H and O–H groups in total. The highest BCUT2D eigenvalue weighted by atomic mass is 35.5. The van der Waals surface area contributed by atoms with Crippen molar-refractivity contribution in [1.82, 2.24) is 0 Å². The van der Waals surface area contributed by atoms with Crippen molar-refractivity contribution in [2.45, 2.75) is 12.8 Å². The van der Waals surface area contributed by atoms with Gasteiger partial charge in [-0.25, -0.2) is 4.79 Å². The Morgan fingerprint density at radius 1 is 1.50 bits per heavy atom. The van der Waals surface area contributed by atoms with Crippen molar-refractivity contribution in [2.75, 3.05) is 7.11 Å². The molecule has 0 fully saturated rings. The van der Waals surface area contributed by atoms with Gasteiger partial charge in [0.15, 0.2) is 0 Å². The monoisotopic (exact) mass is 232 g/mol. The molecular formula is C10H10Cl2O2. The van der Waals surface area contributed by atoms with Crippen molar-refractivity contribution in [3.63, 3.8) is 0 Å². The quantitative estimate of drug-likeness (QED) is 0.579. The van der Waals surface area contributed by atoms with Crippen LogP contribution in [0.2, 0.25) is 5.02 Å². The van der Waals surface area contributed by atoms with Gasteiger partial charge in [0, 0.05) is 10.9 Å².